The standard InChI is InChI=1S/C15H25N3O2/c1-10(2)16-8-13-6-7-14(9-17-13)20-12(5)15(19)18-11(3)4/h6-7,9-12,16H,8H2,1-5H3,(H,18,19). The zero-order chi connectivity index (χ0) is 15.1. The Bertz CT molecular complexity index is 416. The van der Waals surface area contributed by atoms with E-state index in [4.69, 9.17) is 4.74 Å². The van der Waals surface area contributed by atoms with Crippen LogP contribution in [0.1, 0.15) is 40.3 Å². The highest BCUT2D eigenvalue weighted by Crippen LogP contribution is 2.11. The van der Waals surface area contributed by atoms with E-state index in [0.717, 1.165) is 12.2 Å². The fraction of sp³-hybridized carbons (Fsp3) is 0.600. The first kappa shape index (κ1) is 16.4. The second-order valence-electron chi connectivity index (χ2n) is 5.44. The van der Waals surface area contributed by atoms with Crippen LogP contribution in [0.3, 0.4) is 0 Å². The van der Waals surface area contributed by atoms with Crippen LogP contribution >= 0.6 is 0 Å². The molecule has 1 aromatic heterocycles. The van der Waals surface area contributed by atoms with Gasteiger partial charge >= 0.3 is 0 Å². The van der Waals surface area contributed by atoms with Crippen LogP contribution in [0.5, 0.6) is 5.75 Å². The van der Waals surface area contributed by atoms with E-state index in [0.29, 0.717) is 11.8 Å². The molecule has 1 rings (SSSR count). The van der Waals surface area contributed by atoms with Crippen molar-refractivity contribution in [2.75, 3.05) is 0 Å². The first-order valence-corrected chi connectivity index (χ1v) is 7.03. The lowest BCUT2D eigenvalue weighted by Crippen LogP contribution is -2.40. The molecule has 1 heterocycles. The molecule has 0 aliphatic carbocycles. The zero-order valence-corrected chi connectivity index (χ0v) is 12.9. The molecule has 0 saturated heterocycles. The largest absolute Gasteiger partial charge is 0.479 e. The number of carbonyl (C=O) groups is 1. The predicted octanol–water partition coefficient (Wildman–Crippen LogP) is 1.87. The second kappa shape index (κ2) is 7.85. The van der Waals surface area contributed by atoms with E-state index in [1.807, 2.05) is 26.0 Å². The molecule has 0 saturated carbocycles. The minimum atomic E-state index is -0.529. The Balaban J connectivity index is 2.50. The summed E-state index contributed by atoms with van der Waals surface area (Å²) in [6.07, 6.45) is 1.12. The average Bonchev–Trinajstić information content (AvgIpc) is 2.37. The number of nitrogens with one attached hydrogen (secondary N) is 2. The smallest absolute Gasteiger partial charge is 0.260 e. The summed E-state index contributed by atoms with van der Waals surface area (Å²) in [5.74, 6) is 0.482. The molecule has 0 bridgehead atoms. The van der Waals surface area contributed by atoms with Crippen molar-refractivity contribution in [1.82, 2.24) is 15.6 Å². The van der Waals surface area contributed by atoms with Crippen LogP contribution in [0.4, 0.5) is 0 Å². The first-order chi connectivity index (χ1) is 9.38. The van der Waals surface area contributed by atoms with Crippen molar-refractivity contribution in [3.8, 4) is 5.75 Å². The molecular formula is C15H25N3O2. The van der Waals surface area contributed by atoms with E-state index >= 15 is 0 Å². The lowest BCUT2D eigenvalue weighted by molar-refractivity contribution is -0.127. The Hall–Kier alpha value is -1.62. The highest BCUT2D eigenvalue weighted by Gasteiger charge is 2.15. The molecule has 112 valence electrons. The monoisotopic (exact) mass is 279 g/mol. The summed E-state index contributed by atoms with van der Waals surface area (Å²) < 4.78 is 5.56. The SMILES string of the molecule is CC(C)NCc1ccc(OC(C)C(=O)NC(C)C)cn1. The van der Waals surface area contributed by atoms with Gasteiger partial charge in [-0.1, -0.05) is 13.8 Å². The number of ether oxygens (including phenoxy) is 1. The second-order valence-corrected chi connectivity index (χ2v) is 5.44. The van der Waals surface area contributed by atoms with Crippen molar-refractivity contribution in [2.24, 2.45) is 0 Å². The number of rotatable bonds is 7. The van der Waals surface area contributed by atoms with E-state index in [1.54, 1.807) is 13.1 Å². The Labute approximate surface area is 121 Å². The zero-order valence-electron chi connectivity index (χ0n) is 12.9. The molecule has 0 radical (unpaired) electrons. The van der Waals surface area contributed by atoms with Crippen molar-refractivity contribution < 1.29 is 9.53 Å². The van der Waals surface area contributed by atoms with Crippen LogP contribution < -0.4 is 15.4 Å². The molecule has 5 nitrogen and oxygen atoms in total. The van der Waals surface area contributed by atoms with Crippen LogP contribution in [0.2, 0.25) is 0 Å². The minimum Gasteiger partial charge on any atom is -0.479 e. The van der Waals surface area contributed by atoms with Crippen LogP contribution in [0, 0.1) is 0 Å². The van der Waals surface area contributed by atoms with E-state index in [-0.39, 0.29) is 11.9 Å². The van der Waals surface area contributed by atoms with Crippen LogP contribution in [0.25, 0.3) is 0 Å². The maximum atomic E-state index is 11.7. The van der Waals surface area contributed by atoms with E-state index in [2.05, 4.69) is 29.5 Å². The minimum absolute atomic E-state index is 0.108. The number of hydrogen-bond donors (Lipinski definition) is 2. The Morgan fingerprint density at radius 1 is 1.20 bits per heavy atom. The van der Waals surface area contributed by atoms with Crippen molar-refractivity contribution >= 4 is 5.91 Å². The van der Waals surface area contributed by atoms with Gasteiger partial charge in [0.05, 0.1) is 11.9 Å². The molecule has 0 aromatic carbocycles. The van der Waals surface area contributed by atoms with Crippen molar-refractivity contribution in [3.05, 3.63) is 24.0 Å². The van der Waals surface area contributed by atoms with Gasteiger partial charge in [0, 0.05) is 18.6 Å². The number of pyridine rings is 1. The van der Waals surface area contributed by atoms with Gasteiger partial charge in [-0.25, -0.2) is 0 Å². The highest BCUT2D eigenvalue weighted by molar-refractivity contribution is 5.80. The van der Waals surface area contributed by atoms with Gasteiger partial charge in [0.25, 0.3) is 5.91 Å². The van der Waals surface area contributed by atoms with Crippen LogP contribution in [0.15, 0.2) is 18.3 Å². The van der Waals surface area contributed by atoms with E-state index < -0.39 is 6.10 Å². The van der Waals surface area contributed by atoms with Gasteiger partial charge in [-0.2, -0.15) is 0 Å². The Morgan fingerprint density at radius 2 is 1.90 bits per heavy atom. The molecular weight excluding hydrogens is 254 g/mol. The molecule has 0 fully saturated rings. The Kier molecular flexibility index (Phi) is 6.45. The number of carbonyl (C=O) groups excluding carboxylic acids is 1. The quantitative estimate of drug-likeness (QED) is 0.800. The summed E-state index contributed by atoms with van der Waals surface area (Å²) in [5, 5.41) is 6.11. The van der Waals surface area contributed by atoms with Gasteiger partial charge < -0.3 is 15.4 Å². The summed E-state index contributed by atoms with van der Waals surface area (Å²) in [6, 6.07) is 4.27. The molecule has 2 N–H and O–H groups in total. The van der Waals surface area contributed by atoms with E-state index in [9.17, 15) is 4.79 Å². The molecule has 5 heteroatoms. The third kappa shape index (κ3) is 6.02. The fourth-order valence-electron chi connectivity index (χ4n) is 1.55. The lowest BCUT2D eigenvalue weighted by Gasteiger charge is -2.16. The molecule has 1 atom stereocenters. The normalized spacial score (nSPS) is 12.6. The number of hydrogen-bond acceptors (Lipinski definition) is 4. The van der Waals surface area contributed by atoms with Crippen LogP contribution in [-0.4, -0.2) is 29.1 Å². The molecule has 1 amide bonds. The molecule has 0 aliphatic heterocycles. The number of nitrogens with zero attached hydrogens (tertiary/aromatic N) is 1. The maximum Gasteiger partial charge on any atom is 0.260 e. The molecule has 0 aliphatic rings. The average molecular weight is 279 g/mol. The Morgan fingerprint density at radius 3 is 2.40 bits per heavy atom. The third-order valence-corrected chi connectivity index (χ3v) is 2.60. The van der Waals surface area contributed by atoms with Gasteiger partial charge in [-0.3, -0.25) is 9.78 Å². The van der Waals surface area contributed by atoms with Crippen molar-refractivity contribution in [1.29, 1.82) is 0 Å². The van der Waals surface area contributed by atoms with Gasteiger partial charge in [-0.05, 0) is 32.9 Å². The van der Waals surface area contributed by atoms with Gasteiger partial charge in [-0.15, -0.1) is 0 Å². The predicted molar refractivity (Wildman–Crippen MR) is 79.6 cm³/mol. The fourth-order valence-corrected chi connectivity index (χ4v) is 1.55. The highest BCUT2D eigenvalue weighted by atomic mass is 16.5. The number of amides is 1. The van der Waals surface area contributed by atoms with Crippen molar-refractivity contribution in [3.63, 3.8) is 0 Å². The molecule has 20 heavy (non-hydrogen) atoms. The molecule has 0 spiro atoms. The topological polar surface area (TPSA) is 63.2 Å². The van der Waals surface area contributed by atoms with Crippen LogP contribution in [-0.2, 0) is 11.3 Å². The first-order valence-electron chi connectivity index (χ1n) is 7.03. The summed E-state index contributed by atoms with van der Waals surface area (Å²) >= 11 is 0. The maximum absolute atomic E-state index is 11.7. The third-order valence-electron chi connectivity index (χ3n) is 2.60. The van der Waals surface area contributed by atoms with Gasteiger partial charge in [0.2, 0.25) is 0 Å². The number of aromatic nitrogens is 1. The molecule has 1 unspecified atom stereocenters. The lowest BCUT2D eigenvalue weighted by atomic mass is 10.3. The van der Waals surface area contributed by atoms with Gasteiger partial charge in [0.15, 0.2) is 6.10 Å². The van der Waals surface area contributed by atoms with E-state index in [1.165, 1.54) is 0 Å². The summed E-state index contributed by atoms with van der Waals surface area (Å²) in [5.41, 5.74) is 0.949. The summed E-state index contributed by atoms with van der Waals surface area (Å²) in [6.45, 7) is 10.5. The summed E-state index contributed by atoms with van der Waals surface area (Å²) in [7, 11) is 0. The van der Waals surface area contributed by atoms with Gasteiger partial charge in [0.1, 0.15) is 5.75 Å². The molecule has 1 aromatic rings. The summed E-state index contributed by atoms with van der Waals surface area (Å²) in [4.78, 5) is 16.0. The van der Waals surface area contributed by atoms with Crippen molar-refractivity contribution in [2.45, 2.75) is 59.4 Å².